The molecular formula is C17H17BrN6O3. The monoisotopic (exact) mass is 432 g/mol. The van der Waals surface area contributed by atoms with E-state index in [4.69, 9.17) is 0 Å². The van der Waals surface area contributed by atoms with E-state index in [0.29, 0.717) is 16.7 Å². The van der Waals surface area contributed by atoms with Gasteiger partial charge in [-0.05, 0) is 28.1 Å². The number of carbonyl (C=O) groups excluding carboxylic acids is 2. The number of nitrogens with zero attached hydrogens (tertiary/aromatic N) is 5. The fraction of sp³-hybridized carbons (Fsp3) is 0.235. The molecule has 3 rings (SSSR count). The number of rotatable bonds is 5. The van der Waals surface area contributed by atoms with Crippen LogP contribution in [0.2, 0.25) is 0 Å². The van der Waals surface area contributed by atoms with Gasteiger partial charge < -0.3 is 10.2 Å². The quantitative estimate of drug-likeness (QED) is 0.647. The summed E-state index contributed by atoms with van der Waals surface area (Å²) in [5.74, 6) is -0.727. The molecule has 0 spiro atoms. The molecule has 27 heavy (non-hydrogen) atoms. The Labute approximate surface area is 162 Å². The van der Waals surface area contributed by atoms with Crippen LogP contribution in [0.5, 0.6) is 0 Å². The van der Waals surface area contributed by atoms with Gasteiger partial charge in [0.1, 0.15) is 18.3 Å². The normalized spacial score (nSPS) is 10.8. The number of aromatic nitrogens is 4. The number of para-hydroxylation sites is 1. The number of halogens is 1. The number of anilines is 1. The second kappa shape index (κ2) is 7.70. The molecule has 0 saturated heterocycles. The highest BCUT2D eigenvalue weighted by Crippen LogP contribution is 2.20. The molecule has 0 aliphatic carbocycles. The number of amides is 2. The third kappa shape index (κ3) is 4.05. The van der Waals surface area contributed by atoms with Crippen molar-refractivity contribution < 1.29 is 9.59 Å². The first kappa shape index (κ1) is 18.8. The van der Waals surface area contributed by atoms with Crippen LogP contribution in [-0.4, -0.2) is 49.6 Å². The molecule has 0 aliphatic rings. The Morgan fingerprint density at radius 1 is 1.30 bits per heavy atom. The summed E-state index contributed by atoms with van der Waals surface area (Å²) in [6, 6.07) is 7.18. The fourth-order valence-electron chi connectivity index (χ4n) is 2.50. The van der Waals surface area contributed by atoms with Gasteiger partial charge in [-0.25, -0.2) is 4.98 Å². The van der Waals surface area contributed by atoms with E-state index in [1.54, 1.807) is 25.2 Å². The van der Waals surface area contributed by atoms with E-state index in [9.17, 15) is 14.4 Å². The maximum absolute atomic E-state index is 12.4. The van der Waals surface area contributed by atoms with Gasteiger partial charge in [0.05, 0.1) is 18.4 Å². The van der Waals surface area contributed by atoms with Crippen molar-refractivity contribution in [2.24, 2.45) is 7.05 Å². The molecule has 1 N–H and O–H groups in total. The minimum Gasteiger partial charge on any atom is -0.335 e. The van der Waals surface area contributed by atoms with Crippen molar-refractivity contribution in [3.63, 3.8) is 0 Å². The van der Waals surface area contributed by atoms with Gasteiger partial charge in [0.25, 0.3) is 5.56 Å². The minimum atomic E-state index is -0.385. The summed E-state index contributed by atoms with van der Waals surface area (Å²) in [5, 5.41) is 7.05. The molecule has 9 nitrogen and oxygen atoms in total. The zero-order valence-electron chi connectivity index (χ0n) is 14.7. The van der Waals surface area contributed by atoms with Crippen molar-refractivity contribution in [1.82, 2.24) is 24.2 Å². The maximum Gasteiger partial charge on any atom is 0.264 e. The Balaban J connectivity index is 1.66. The Morgan fingerprint density at radius 2 is 2.04 bits per heavy atom. The summed E-state index contributed by atoms with van der Waals surface area (Å²) in [5.41, 5.74) is 0.711. The molecule has 0 radical (unpaired) electrons. The number of likely N-dealkylation sites (N-methyl/N-ethyl adjacent to an activating group) is 1. The van der Waals surface area contributed by atoms with Gasteiger partial charge in [-0.2, -0.15) is 5.10 Å². The van der Waals surface area contributed by atoms with Crippen molar-refractivity contribution in [2.75, 3.05) is 18.9 Å². The van der Waals surface area contributed by atoms with Crippen LogP contribution >= 0.6 is 15.9 Å². The third-order valence-electron chi connectivity index (χ3n) is 3.98. The van der Waals surface area contributed by atoms with E-state index in [2.05, 4.69) is 31.3 Å². The second-order valence-corrected chi connectivity index (χ2v) is 6.82. The van der Waals surface area contributed by atoms with Crippen LogP contribution in [-0.2, 0) is 23.2 Å². The lowest BCUT2D eigenvalue weighted by atomic mass is 10.3. The predicted molar refractivity (Wildman–Crippen MR) is 103 cm³/mol. The van der Waals surface area contributed by atoms with Crippen LogP contribution in [0, 0.1) is 0 Å². The zero-order chi connectivity index (χ0) is 19.6. The van der Waals surface area contributed by atoms with E-state index in [1.807, 2.05) is 6.07 Å². The Kier molecular flexibility index (Phi) is 5.36. The Hall–Kier alpha value is -3.01. The lowest BCUT2D eigenvalue weighted by Gasteiger charge is -2.17. The van der Waals surface area contributed by atoms with Gasteiger partial charge in [0.2, 0.25) is 11.8 Å². The Bertz CT molecular complexity index is 1070. The number of carbonyl (C=O) groups is 2. The largest absolute Gasteiger partial charge is 0.335 e. The van der Waals surface area contributed by atoms with Crippen LogP contribution in [0.15, 0.2) is 46.1 Å². The average Bonchev–Trinajstić information content (AvgIpc) is 3.01. The van der Waals surface area contributed by atoms with Gasteiger partial charge in [-0.15, -0.1) is 0 Å². The molecule has 2 amide bonds. The summed E-state index contributed by atoms with van der Waals surface area (Å²) in [7, 11) is 3.19. The number of benzene rings is 1. The topological polar surface area (TPSA) is 102 Å². The third-order valence-corrected chi connectivity index (χ3v) is 4.67. The molecule has 0 saturated carbocycles. The maximum atomic E-state index is 12.4. The molecule has 140 valence electrons. The van der Waals surface area contributed by atoms with Crippen LogP contribution < -0.4 is 10.9 Å². The number of hydrogen-bond acceptors (Lipinski definition) is 5. The molecule has 2 heterocycles. The molecule has 1 aromatic carbocycles. The van der Waals surface area contributed by atoms with Crippen molar-refractivity contribution in [3.8, 4) is 0 Å². The molecule has 0 unspecified atom stereocenters. The molecule has 0 aliphatic heterocycles. The minimum absolute atomic E-state index is 0.141. The number of hydrogen-bond donors (Lipinski definition) is 1. The van der Waals surface area contributed by atoms with Gasteiger partial charge in [0, 0.05) is 18.6 Å². The van der Waals surface area contributed by atoms with E-state index in [-0.39, 0.29) is 30.5 Å². The summed E-state index contributed by atoms with van der Waals surface area (Å²) in [6.45, 7) is -0.354. The highest BCUT2D eigenvalue weighted by atomic mass is 79.9. The van der Waals surface area contributed by atoms with Crippen LogP contribution in [0.25, 0.3) is 11.0 Å². The summed E-state index contributed by atoms with van der Waals surface area (Å²) in [4.78, 5) is 42.4. The van der Waals surface area contributed by atoms with Crippen molar-refractivity contribution >= 4 is 44.5 Å². The molecule has 0 atom stereocenters. The van der Waals surface area contributed by atoms with Gasteiger partial charge in [-0.3, -0.25) is 23.6 Å². The zero-order valence-corrected chi connectivity index (χ0v) is 16.3. The molecule has 2 aromatic heterocycles. The van der Waals surface area contributed by atoms with Gasteiger partial charge >= 0.3 is 0 Å². The van der Waals surface area contributed by atoms with E-state index < -0.39 is 0 Å². The molecule has 0 bridgehead atoms. The lowest BCUT2D eigenvalue weighted by molar-refractivity contribution is -0.133. The molecular weight excluding hydrogens is 416 g/mol. The van der Waals surface area contributed by atoms with Crippen molar-refractivity contribution in [1.29, 1.82) is 0 Å². The summed E-state index contributed by atoms with van der Waals surface area (Å²) in [6.07, 6.45) is 2.72. The highest BCUT2D eigenvalue weighted by molar-refractivity contribution is 9.10. The van der Waals surface area contributed by atoms with Crippen LogP contribution in [0.1, 0.15) is 0 Å². The SMILES string of the molecule is CN(CC(=O)Nc1ccccc1Br)C(=O)Cn1cnc2c(cnn2C)c1=O. The predicted octanol–water partition coefficient (Wildman–Crippen LogP) is 0.990. The first-order chi connectivity index (χ1) is 12.9. The second-order valence-electron chi connectivity index (χ2n) is 5.96. The average molecular weight is 433 g/mol. The van der Waals surface area contributed by atoms with E-state index >= 15 is 0 Å². The van der Waals surface area contributed by atoms with E-state index in [1.165, 1.54) is 33.7 Å². The van der Waals surface area contributed by atoms with Gasteiger partial charge in [0.15, 0.2) is 5.65 Å². The number of nitrogens with one attached hydrogen (secondary N) is 1. The van der Waals surface area contributed by atoms with Gasteiger partial charge in [-0.1, -0.05) is 12.1 Å². The summed E-state index contributed by atoms with van der Waals surface area (Å²) >= 11 is 3.35. The first-order valence-corrected chi connectivity index (χ1v) is 8.81. The first-order valence-electron chi connectivity index (χ1n) is 8.02. The molecule has 3 aromatic rings. The van der Waals surface area contributed by atoms with Crippen molar-refractivity contribution in [3.05, 3.63) is 51.6 Å². The smallest absolute Gasteiger partial charge is 0.264 e. The lowest BCUT2D eigenvalue weighted by Crippen LogP contribution is -2.38. The fourth-order valence-corrected chi connectivity index (χ4v) is 2.89. The van der Waals surface area contributed by atoms with E-state index in [0.717, 1.165) is 4.47 Å². The Morgan fingerprint density at radius 3 is 2.78 bits per heavy atom. The molecule has 10 heteroatoms. The van der Waals surface area contributed by atoms with Crippen LogP contribution in [0.4, 0.5) is 5.69 Å². The summed E-state index contributed by atoms with van der Waals surface area (Å²) < 4.78 is 3.44. The number of fused-ring (bicyclic) bond motifs is 1. The standard InChI is InChI=1S/C17H17BrN6O3/c1-22(8-14(25)21-13-6-4-3-5-12(13)18)15(26)9-24-10-19-16-11(17(24)27)7-20-23(16)2/h3-7,10H,8-9H2,1-2H3,(H,21,25). The van der Waals surface area contributed by atoms with Crippen molar-refractivity contribution in [2.45, 2.75) is 6.54 Å². The number of aryl methyl sites for hydroxylation is 1. The molecule has 0 fully saturated rings. The van der Waals surface area contributed by atoms with Crippen LogP contribution in [0.3, 0.4) is 0 Å². The highest BCUT2D eigenvalue weighted by Gasteiger charge is 2.16.